The summed E-state index contributed by atoms with van der Waals surface area (Å²) in [6.07, 6.45) is 3.33. The number of rotatable bonds is 7. The standard InChI is InChI=1S/C13H19NO2/c1-2-3-7-10-14(11-13(15)16)12-8-5-4-6-9-12/h4-6,8-9H,2-3,7,10-11H2,1H3,(H,15,16). The Labute approximate surface area is 96.7 Å². The summed E-state index contributed by atoms with van der Waals surface area (Å²) in [6, 6.07) is 9.71. The lowest BCUT2D eigenvalue weighted by molar-refractivity contribution is -0.135. The van der Waals surface area contributed by atoms with Crippen LogP contribution in [-0.2, 0) is 4.79 Å². The van der Waals surface area contributed by atoms with Gasteiger partial charge >= 0.3 is 5.97 Å². The number of hydrogen-bond donors (Lipinski definition) is 1. The van der Waals surface area contributed by atoms with Crippen LogP contribution in [0.1, 0.15) is 26.2 Å². The van der Waals surface area contributed by atoms with Gasteiger partial charge in [0.15, 0.2) is 0 Å². The second-order valence-corrected chi connectivity index (χ2v) is 3.86. The van der Waals surface area contributed by atoms with E-state index in [1.807, 2.05) is 35.2 Å². The van der Waals surface area contributed by atoms with Crippen molar-refractivity contribution in [3.8, 4) is 0 Å². The van der Waals surface area contributed by atoms with Crippen LogP contribution in [-0.4, -0.2) is 24.2 Å². The highest BCUT2D eigenvalue weighted by Gasteiger charge is 2.09. The van der Waals surface area contributed by atoms with E-state index in [0.29, 0.717) is 0 Å². The summed E-state index contributed by atoms with van der Waals surface area (Å²) in [5.41, 5.74) is 0.987. The quantitative estimate of drug-likeness (QED) is 0.720. The fraction of sp³-hybridized carbons (Fsp3) is 0.462. The third kappa shape index (κ3) is 4.34. The Kier molecular flexibility index (Phi) is 5.40. The van der Waals surface area contributed by atoms with E-state index < -0.39 is 5.97 Å². The smallest absolute Gasteiger partial charge is 0.323 e. The number of carboxylic acid groups (broad SMARTS) is 1. The Balaban J connectivity index is 2.60. The first-order valence-electron chi connectivity index (χ1n) is 5.76. The summed E-state index contributed by atoms with van der Waals surface area (Å²) in [6.45, 7) is 3.03. The first-order chi connectivity index (χ1) is 7.74. The number of para-hydroxylation sites is 1. The maximum atomic E-state index is 10.8. The molecule has 0 radical (unpaired) electrons. The van der Waals surface area contributed by atoms with Gasteiger partial charge in [0.25, 0.3) is 0 Å². The molecule has 0 aliphatic rings. The molecule has 0 aromatic heterocycles. The number of hydrogen-bond acceptors (Lipinski definition) is 2. The Hall–Kier alpha value is -1.51. The minimum Gasteiger partial charge on any atom is -0.480 e. The summed E-state index contributed by atoms with van der Waals surface area (Å²) in [4.78, 5) is 12.7. The van der Waals surface area contributed by atoms with Gasteiger partial charge in [-0.25, -0.2) is 0 Å². The molecule has 3 nitrogen and oxygen atoms in total. The van der Waals surface area contributed by atoms with Crippen molar-refractivity contribution in [2.24, 2.45) is 0 Å². The van der Waals surface area contributed by atoms with Gasteiger partial charge in [0.1, 0.15) is 6.54 Å². The number of benzene rings is 1. The van der Waals surface area contributed by atoms with Gasteiger partial charge in [0.2, 0.25) is 0 Å². The molecule has 0 aliphatic heterocycles. The van der Waals surface area contributed by atoms with Crippen LogP contribution in [0.4, 0.5) is 5.69 Å². The zero-order chi connectivity index (χ0) is 11.8. The average Bonchev–Trinajstić information content (AvgIpc) is 2.29. The Bertz CT molecular complexity index is 311. The molecular weight excluding hydrogens is 202 g/mol. The molecule has 0 aliphatic carbocycles. The first-order valence-corrected chi connectivity index (χ1v) is 5.76. The number of aliphatic carboxylic acids is 1. The molecule has 88 valence electrons. The number of nitrogens with zero attached hydrogens (tertiary/aromatic N) is 1. The van der Waals surface area contributed by atoms with E-state index in [-0.39, 0.29) is 6.54 Å². The van der Waals surface area contributed by atoms with Gasteiger partial charge in [-0.2, -0.15) is 0 Å². The molecule has 0 saturated heterocycles. The topological polar surface area (TPSA) is 40.5 Å². The fourth-order valence-electron chi connectivity index (χ4n) is 1.65. The van der Waals surface area contributed by atoms with E-state index in [1.54, 1.807) is 0 Å². The lowest BCUT2D eigenvalue weighted by atomic mass is 10.2. The van der Waals surface area contributed by atoms with E-state index in [4.69, 9.17) is 5.11 Å². The van der Waals surface area contributed by atoms with Crippen molar-refractivity contribution in [3.05, 3.63) is 30.3 Å². The van der Waals surface area contributed by atoms with Crippen LogP contribution in [0.5, 0.6) is 0 Å². The first kappa shape index (κ1) is 12.6. The number of anilines is 1. The SMILES string of the molecule is CCCCCN(CC(=O)O)c1ccccc1. The molecule has 0 spiro atoms. The zero-order valence-electron chi connectivity index (χ0n) is 9.72. The van der Waals surface area contributed by atoms with Crippen molar-refractivity contribution in [3.63, 3.8) is 0 Å². The molecule has 1 N–H and O–H groups in total. The van der Waals surface area contributed by atoms with Gasteiger partial charge in [0.05, 0.1) is 0 Å². The van der Waals surface area contributed by atoms with Crippen LogP contribution in [0.3, 0.4) is 0 Å². The predicted octanol–water partition coefficient (Wildman–Crippen LogP) is 2.77. The summed E-state index contributed by atoms with van der Waals surface area (Å²) < 4.78 is 0. The molecule has 1 aromatic carbocycles. The van der Waals surface area contributed by atoms with Crippen LogP contribution < -0.4 is 4.90 Å². The molecule has 3 heteroatoms. The van der Waals surface area contributed by atoms with Gasteiger partial charge in [0, 0.05) is 12.2 Å². The molecule has 1 aromatic rings. The van der Waals surface area contributed by atoms with Crippen molar-refractivity contribution >= 4 is 11.7 Å². The van der Waals surface area contributed by atoms with E-state index >= 15 is 0 Å². The third-order valence-electron chi connectivity index (χ3n) is 2.48. The van der Waals surface area contributed by atoms with Crippen LogP contribution in [0, 0.1) is 0 Å². The maximum Gasteiger partial charge on any atom is 0.323 e. The third-order valence-corrected chi connectivity index (χ3v) is 2.48. The fourth-order valence-corrected chi connectivity index (χ4v) is 1.65. The number of carbonyl (C=O) groups is 1. The normalized spacial score (nSPS) is 10.1. The Morgan fingerprint density at radius 2 is 1.94 bits per heavy atom. The highest BCUT2D eigenvalue weighted by molar-refractivity contribution is 5.73. The van der Waals surface area contributed by atoms with Crippen molar-refractivity contribution in [1.29, 1.82) is 0 Å². The van der Waals surface area contributed by atoms with E-state index in [0.717, 1.165) is 31.5 Å². The summed E-state index contributed by atoms with van der Waals surface area (Å²) in [5.74, 6) is -0.777. The second kappa shape index (κ2) is 6.88. The molecule has 0 atom stereocenters. The number of unbranched alkanes of at least 4 members (excludes halogenated alkanes) is 2. The molecule has 16 heavy (non-hydrogen) atoms. The van der Waals surface area contributed by atoms with Crippen molar-refractivity contribution in [2.75, 3.05) is 18.0 Å². The van der Waals surface area contributed by atoms with E-state index in [9.17, 15) is 4.79 Å². The van der Waals surface area contributed by atoms with Crippen LogP contribution in [0.15, 0.2) is 30.3 Å². The molecule has 0 heterocycles. The molecule has 0 unspecified atom stereocenters. The van der Waals surface area contributed by atoms with Gasteiger partial charge < -0.3 is 10.0 Å². The average molecular weight is 221 g/mol. The lowest BCUT2D eigenvalue weighted by Crippen LogP contribution is -2.30. The van der Waals surface area contributed by atoms with Gasteiger partial charge in [-0.15, -0.1) is 0 Å². The largest absolute Gasteiger partial charge is 0.480 e. The zero-order valence-corrected chi connectivity index (χ0v) is 9.72. The van der Waals surface area contributed by atoms with Crippen molar-refractivity contribution in [2.45, 2.75) is 26.2 Å². The van der Waals surface area contributed by atoms with E-state index in [2.05, 4.69) is 6.92 Å². The Morgan fingerprint density at radius 1 is 1.25 bits per heavy atom. The highest BCUT2D eigenvalue weighted by atomic mass is 16.4. The number of carboxylic acids is 1. The molecule has 0 fully saturated rings. The molecule has 1 rings (SSSR count). The molecular formula is C13H19NO2. The van der Waals surface area contributed by atoms with Crippen molar-refractivity contribution < 1.29 is 9.90 Å². The van der Waals surface area contributed by atoms with Crippen LogP contribution >= 0.6 is 0 Å². The molecule has 0 amide bonds. The summed E-state index contributed by atoms with van der Waals surface area (Å²) in [7, 11) is 0. The monoisotopic (exact) mass is 221 g/mol. The van der Waals surface area contributed by atoms with Crippen LogP contribution in [0.2, 0.25) is 0 Å². The Morgan fingerprint density at radius 3 is 2.50 bits per heavy atom. The van der Waals surface area contributed by atoms with Gasteiger partial charge in [-0.1, -0.05) is 38.0 Å². The molecule has 0 saturated carbocycles. The lowest BCUT2D eigenvalue weighted by Gasteiger charge is -2.22. The predicted molar refractivity (Wildman–Crippen MR) is 65.8 cm³/mol. The highest BCUT2D eigenvalue weighted by Crippen LogP contribution is 2.13. The van der Waals surface area contributed by atoms with Crippen LogP contribution in [0.25, 0.3) is 0 Å². The molecule has 0 bridgehead atoms. The van der Waals surface area contributed by atoms with Gasteiger partial charge in [-0.05, 0) is 18.6 Å². The maximum absolute atomic E-state index is 10.8. The van der Waals surface area contributed by atoms with E-state index in [1.165, 1.54) is 0 Å². The summed E-state index contributed by atoms with van der Waals surface area (Å²) in [5, 5.41) is 8.86. The second-order valence-electron chi connectivity index (χ2n) is 3.86. The minimum absolute atomic E-state index is 0.0771. The van der Waals surface area contributed by atoms with Crippen molar-refractivity contribution in [1.82, 2.24) is 0 Å². The van der Waals surface area contributed by atoms with Gasteiger partial charge in [-0.3, -0.25) is 4.79 Å². The summed E-state index contributed by atoms with van der Waals surface area (Å²) >= 11 is 0. The minimum atomic E-state index is -0.777.